The molecule has 2 aromatic carbocycles. The van der Waals surface area contributed by atoms with Crippen molar-refractivity contribution >= 4 is 12.1 Å². The largest absolute Gasteiger partial charge is 0.493 e. The summed E-state index contributed by atoms with van der Waals surface area (Å²) in [6.45, 7) is -2.89. The molecule has 1 N–H and O–H groups in total. The van der Waals surface area contributed by atoms with Gasteiger partial charge in [0.25, 0.3) is 0 Å². The minimum atomic E-state index is -3.04. The Bertz CT molecular complexity index is 1010. The van der Waals surface area contributed by atoms with Gasteiger partial charge in [-0.1, -0.05) is 24.3 Å². The maximum atomic E-state index is 12.6. The van der Waals surface area contributed by atoms with Crippen LogP contribution in [0.3, 0.4) is 0 Å². The van der Waals surface area contributed by atoms with Crippen molar-refractivity contribution in [2.75, 3.05) is 7.11 Å². The molecule has 0 atom stereocenters. The first-order valence-electron chi connectivity index (χ1n) is 8.78. The number of furan rings is 1. The molecule has 0 aliphatic carbocycles. The third-order valence-corrected chi connectivity index (χ3v) is 3.82. The Labute approximate surface area is 170 Å². The highest BCUT2D eigenvalue weighted by Crippen LogP contribution is 2.31. The number of hydrazone groups is 1. The van der Waals surface area contributed by atoms with Gasteiger partial charge in [0, 0.05) is 5.56 Å². The lowest BCUT2D eigenvalue weighted by atomic mass is 10.2. The van der Waals surface area contributed by atoms with E-state index in [-0.39, 0.29) is 29.4 Å². The fourth-order valence-corrected chi connectivity index (χ4v) is 2.47. The number of carbonyl (C=O) groups excluding carboxylic acids is 1. The molecule has 1 aromatic heterocycles. The molecule has 156 valence electrons. The third-order valence-electron chi connectivity index (χ3n) is 3.82. The van der Waals surface area contributed by atoms with Crippen LogP contribution < -0.4 is 19.6 Å². The van der Waals surface area contributed by atoms with Gasteiger partial charge in [-0.2, -0.15) is 13.9 Å². The van der Waals surface area contributed by atoms with Gasteiger partial charge in [-0.15, -0.1) is 0 Å². The minimum absolute atomic E-state index is 0.0218. The maximum Gasteiger partial charge on any atom is 0.387 e. The van der Waals surface area contributed by atoms with Gasteiger partial charge >= 0.3 is 12.5 Å². The summed E-state index contributed by atoms with van der Waals surface area (Å²) in [6.07, 6.45) is 1.17. The highest BCUT2D eigenvalue weighted by atomic mass is 19.3. The molecule has 0 radical (unpaired) electrons. The fourth-order valence-electron chi connectivity index (χ4n) is 2.47. The number of hydrogen-bond acceptors (Lipinski definition) is 6. The number of ether oxygens (including phenoxy) is 3. The van der Waals surface area contributed by atoms with E-state index in [9.17, 15) is 13.6 Å². The Morgan fingerprint density at radius 1 is 1.13 bits per heavy atom. The average molecular weight is 416 g/mol. The number of nitrogens with one attached hydrogen (secondary N) is 1. The normalized spacial score (nSPS) is 10.9. The Morgan fingerprint density at radius 3 is 2.67 bits per heavy atom. The molecular formula is C21H18F2N2O5. The van der Waals surface area contributed by atoms with Crippen LogP contribution in [0, 0.1) is 0 Å². The Kier molecular flexibility index (Phi) is 6.99. The van der Waals surface area contributed by atoms with Gasteiger partial charge in [-0.25, -0.2) is 5.43 Å². The molecule has 1 heterocycles. The Morgan fingerprint density at radius 2 is 1.93 bits per heavy atom. The van der Waals surface area contributed by atoms with Gasteiger partial charge in [0.15, 0.2) is 17.3 Å². The summed E-state index contributed by atoms with van der Waals surface area (Å²) in [5.74, 6) is 0.453. The van der Waals surface area contributed by atoms with Gasteiger partial charge in [0.1, 0.15) is 18.1 Å². The van der Waals surface area contributed by atoms with E-state index < -0.39 is 12.5 Å². The van der Waals surface area contributed by atoms with Gasteiger partial charge in [-0.05, 0) is 36.4 Å². The number of rotatable bonds is 9. The van der Waals surface area contributed by atoms with E-state index in [1.807, 2.05) is 18.2 Å². The standard InChI is InChI=1S/C21H18F2N2O5/c1-27-17-9-5-6-14(19(17)30-21(22)23)12-24-25-20(26)18-11-10-16(29-18)13-28-15-7-3-2-4-8-15/h2-12,21H,13H2,1H3,(H,25,26)/b24-12-. The van der Waals surface area contributed by atoms with Crippen molar-refractivity contribution in [3.05, 3.63) is 77.7 Å². The summed E-state index contributed by atoms with van der Waals surface area (Å²) in [6, 6.07) is 16.8. The summed E-state index contributed by atoms with van der Waals surface area (Å²) in [5.41, 5.74) is 2.46. The van der Waals surface area contributed by atoms with Gasteiger partial charge < -0.3 is 18.6 Å². The number of hydrogen-bond donors (Lipinski definition) is 1. The van der Waals surface area contributed by atoms with E-state index in [0.717, 1.165) is 0 Å². The Balaban J connectivity index is 1.61. The lowest BCUT2D eigenvalue weighted by Crippen LogP contribution is -2.17. The highest BCUT2D eigenvalue weighted by Gasteiger charge is 2.15. The number of nitrogens with zero attached hydrogens (tertiary/aromatic N) is 1. The monoisotopic (exact) mass is 416 g/mol. The predicted octanol–water partition coefficient (Wildman–Crippen LogP) is 4.23. The van der Waals surface area contributed by atoms with Gasteiger partial charge in [-0.3, -0.25) is 4.79 Å². The molecule has 0 aliphatic rings. The maximum absolute atomic E-state index is 12.6. The number of para-hydroxylation sites is 2. The second-order valence-corrected chi connectivity index (χ2v) is 5.82. The summed E-state index contributed by atoms with van der Waals surface area (Å²) in [7, 11) is 1.33. The molecule has 0 aliphatic heterocycles. The van der Waals surface area contributed by atoms with Crippen molar-refractivity contribution in [2.45, 2.75) is 13.2 Å². The van der Waals surface area contributed by atoms with Crippen LogP contribution in [0.5, 0.6) is 17.2 Å². The van der Waals surface area contributed by atoms with Crippen LogP contribution in [0.2, 0.25) is 0 Å². The van der Waals surface area contributed by atoms with Crippen LogP contribution in [0.1, 0.15) is 21.9 Å². The molecule has 1 amide bonds. The summed E-state index contributed by atoms with van der Waals surface area (Å²) in [5, 5.41) is 3.77. The zero-order chi connectivity index (χ0) is 21.3. The van der Waals surface area contributed by atoms with Crippen LogP contribution in [-0.2, 0) is 6.61 Å². The first-order chi connectivity index (χ1) is 14.6. The van der Waals surface area contributed by atoms with Crippen LogP contribution in [0.4, 0.5) is 8.78 Å². The molecule has 0 saturated carbocycles. The number of benzene rings is 2. The SMILES string of the molecule is COc1cccc(/C=N\NC(=O)c2ccc(COc3ccccc3)o2)c1OC(F)F. The molecule has 0 spiro atoms. The van der Waals surface area contributed by atoms with Crippen molar-refractivity contribution in [1.29, 1.82) is 0 Å². The van der Waals surface area contributed by atoms with Crippen LogP contribution in [0.25, 0.3) is 0 Å². The predicted molar refractivity (Wildman–Crippen MR) is 104 cm³/mol. The zero-order valence-corrected chi connectivity index (χ0v) is 15.9. The molecule has 30 heavy (non-hydrogen) atoms. The van der Waals surface area contributed by atoms with Crippen molar-refractivity contribution < 1.29 is 32.2 Å². The van der Waals surface area contributed by atoms with Crippen molar-refractivity contribution in [1.82, 2.24) is 5.43 Å². The molecule has 3 rings (SSSR count). The summed E-state index contributed by atoms with van der Waals surface area (Å²) in [4.78, 5) is 12.2. The quantitative estimate of drug-likeness (QED) is 0.417. The van der Waals surface area contributed by atoms with Gasteiger partial charge in [0.2, 0.25) is 0 Å². The second kappa shape index (κ2) is 10.1. The number of carbonyl (C=O) groups is 1. The van der Waals surface area contributed by atoms with Crippen molar-refractivity contribution in [2.24, 2.45) is 5.10 Å². The molecule has 0 bridgehead atoms. The molecule has 0 saturated heterocycles. The Hall–Kier alpha value is -3.88. The molecular weight excluding hydrogens is 398 g/mol. The molecule has 0 fully saturated rings. The van der Waals surface area contributed by atoms with Crippen LogP contribution >= 0.6 is 0 Å². The van der Waals surface area contributed by atoms with E-state index in [0.29, 0.717) is 11.5 Å². The van der Waals surface area contributed by atoms with Gasteiger partial charge in [0.05, 0.1) is 13.3 Å². The zero-order valence-electron chi connectivity index (χ0n) is 15.9. The minimum Gasteiger partial charge on any atom is -0.493 e. The smallest absolute Gasteiger partial charge is 0.387 e. The first-order valence-corrected chi connectivity index (χ1v) is 8.78. The fraction of sp³-hybridized carbons (Fsp3) is 0.143. The second-order valence-electron chi connectivity index (χ2n) is 5.82. The van der Waals surface area contributed by atoms with E-state index in [1.165, 1.54) is 31.5 Å². The van der Waals surface area contributed by atoms with E-state index >= 15 is 0 Å². The molecule has 3 aromatic rings. The molecule has 0 unspecified atom stereocenters. The molecule has 9 heteroatoms. The first kappa shape index (κ1) is 20.8. The van der Waals surface area contributed by atoms with E-state index in [4.69, 9.17) is 13.9 Å². The summed E-state index contributed by atoms with van der Waals surface area (Å²) >= 11 is 0. The van der Waals surface area contributed by atoms with Crippen LogP contribution in [0.15, 0.2) is 70.2 Å². The average Bonchev–Trinajstić information content (AvgIpc) is 3.23. The topological polar surface area (TPSA) is 82.3 Å². The van der Waals surface area contributed by atoms with Crippen LogP contribution in [-0.4, -0.2) is 25.8 Å². The number of methoxy groups -OCH3 is 1. The van der Waals surface area contributed by atoms with E-state index in [1.54, 1.807) is 24.3 Å². The third kappa shape index (κ3) is 5.57. The van der Waals surface area contributed by atoms with Crippen molar-refractivity contribution in [3.63, 3.8) is 0 Å². The number of halogens is 2. The molecule has 7 nitrogen and oxygen atoms in total. The number of alkyl halides is 2. The van der Waals surface area contributed by atoms with Crippen molar-refractivity contribution in [3.8, 4) is 17.2 Å². The lowest BCUT2D eigenvalue weighted by molar-refractivity contribution is -0.0513. The highest BCUT2D eigenvalue weighted by molar-refractivity contribution is 5.93. The number of amides is 1. The lowest BCUT2D eigenvalue weighted by Gasteiger charge is -2.11. The van der Waals surface area contributed by atoms with E-state index in [2.05, 4.69) is 15.3 Å². The summed E-state index contributed by atoms with van der Waals surface area (Å²) < 4.78 is 45.8.